The molecule has 0 bridgehead atoms. The molecular weight excluding hydrogens is 474 g/mol. The molecule has 3 aromatic carbocycles. The van der Waals surface area contributed by atoms with E-state index < -0.39 is 12.1 Å². The number of carbonyl (C=O) groups excluding carboxylic acids is 2. The average Bonchev–Trinajstić information content (AvgIpc) is 2.96. The van der Waals surface area contributed by atoms with E-state index in [0.29, 0.717) is 37.2 Å². The van der Waals surface area contributed by atoms with E-state index >= 15 is 0 Å². The number of amides is 2. The lowest BCUT2D eigenvalue weighted by Crippen LogP contribution is -2.49. The van der Waals surface area contributed by atoms with Crippen LogP contribution in [0.3, 0.4) is 0 Å². The van der Waals surface area contributed by atoms with Crippen LogP contribution >= 0.6 is 0 Å². The van der Waals surface area contributed by atoms with Crippen LogP contribution in [0, 0.1) is 0 Å². The van der Waals surface area contributed by atoms with Gasteiger partial charge in [-0.2, -0.15) is 0 Å². The number of aliphatic hydroxyl groups is 1. The molecule has 0 aliphatic rings. The number of benzene rings is 3. The van der Waals surface area contributed by atoms with Crippen molar-refractivity contribution in [2.24, 2.45) is 0 Å². The summed E-state index contributed by atoms with van der Waals surface area (Å²) in [5.41, 5.74) is 3.05. The van der Waals surface area contributed by atoms with Crippen molar-refractivity contribution in [3.05, 3.63) is 107 Å². The van der Waals surface area contributed by atoms with E-state index in [0.717, 1.165) is 24.0 Å². The molecule has 0 aliphatic carbocycles. The summed E-state index contributed by atoms with van der Waals surface area (Å²) in [5.74, 6) is -0.378. The SMILES string of the molecule is CCCN(CCC)C(=O)c1cccc(C(=O)N[C@@H](Cc2ccccc2)[C@H](O)CN[C@@H](C)c2ccccc2)c1. The Morgan fingerprint density at radius 2 is 1.45 bits per heavy atom. The van der Waals surface area contributed by atoms with Crippen LogP contribution in [-0.2, 0) is 6.42 Å². The van der Waals surface area contributed by atoms with Crippen LogP contribution < -0.4 is 10.6 Å². The molecule has 3 rings (SSSR count). The monoisotopic (exact) mass is 515 g/mol. The van der Waals surface area contributed by atoms with E-state index in [4.69, 9.17) is 0 Å². The summed E-state index contributed by atoms with van der Waals surface area (Å²) in [4.78, 5) is 28.3. The Bertz CT molecular complexity index is 1130. The maximum Gasteiger partial charge on any atom is 0.253 e. The molecule has 2 amide bonds. The van der Waals surface area contributed by atoms with Gasteiger partial charge in [0.15, 0.2) is 0 Å². The summed E-state index contributed by atoms with van der Waals surface area (Å²) in [6.45, 7) is 7.83. The molecule has 0 saturated carbocycles. The second-order valence-corrected chi connectivity index (χ2v) is 9.75. The first kappa shape index (κ1) is 29.1. The minimum atomic E-state index is -0.820. The average molecular weight is 516 g/mol. The zero-order valence-corrected chi connectivity index (χ0v) is 22.8. The number of rotatable bonds is 14. The Balaban J connectivity index is 1.73. The number of nitrogens with one attached hydrogen (secondary N) is 2. The van der Waals surface area contributed by atoms with E-state index in [-0.39, 0.29) is 17.9 Å². The second-order valence-electron chi connectivity index (χ2n) is 9.75. The van der Waals surface area contributed by atoms with Crippen molar-refractivity contribution in [2.75, 3.05) is 19.6 Å². The third-order valence-electron chi connectivity index (χ3n) is 6.66. The smallest absolute Gasteiger partial charge is 0.253 e. The van der Waals surface area contributed by atoms with E-state index in [2.05, 4.69) is 17.6 Å². The number of nitrogens with zero attached hydrogens (tertiary/aromatic N) is 1. The molecule has 6 heteroatoms. The minimum absolute atomic E-state index is 0.0517. The number of hydrogen-bond acceptors (Lipinski definition) is 4. The van der Waals surface area contributed by atoms with E-state index in [1.54, 1.807) is 24.3 Å². The highest BCUT2D eigenvalue weighted by molar-refractivity contribution is 5.99. The molecule has 3 atom stereocenters. The molecular formula is C32H41N3O3. The van der Waals surface area contributed by atoms with Gasteiger partial charge in [-0.05, 0) is 55.5 Å². The predicted octanol–water partition coefficient (Wildman–Crippen LogP) is 5.00. The molecule has 202 valence electrons. The second kappa shape index (κ2) is 15.1. The van der Waals surface area contributed by atoms with Crippen LogP contribution in [0.25, 0.3) is 0 Å². The van der Waals surface area contributed by atoms with Crippen molar-refractivity contribution in [2.45, 2.75) is 58.2 Å². The van der Waals surface area contributed by atoms with Gasteiger partial charge in [0.25, 0.3) is 11.8 Å². The molecule has 0 saturated heterocycles. The van der Waals surface area contributed by atoms with Gasteiger partial charge in [-0.25, -0.2) is 0 Å². The van der Waals surface area contributed by atoms with E-state index in [9.17, 15) is 14.7 Å². The molecule has 0 aliphatic heterocycles. The van der Waals surface area contributed by atoms with Crippen molar-refractivity contribution >= 4 is 11.8 Å². The Hall–Kier alpha value is -3.48. The number of aliphatic hydroxyl groups excluding tert-OH is 1. The summed E-state index contributed by atoms with van der Waals surface area (Å²) in [6.07, 6.45) is 1.41. The highest BCUT2D eigenvalue weighted by Crippen LogP contribution is 2.14. The molecule has 38 heavy (non-hydrogen) atoms. The third-order valence-corrected chi connectivity index (χ3v) is 6.66. The largest absolute Gasteiger partial charge is 0.390 e. The lowest BCUT2D eigenvalue weighted by Gasteiger charge is -2.26. The van der Waals surface area contributed by atoms with Crippen molar-refractivity contribution < 1.29 is 14.7 Å². The molecule has 6 nitrogen and oxygen atoms in total. The fraction of sp³-hybridized carbons (Fsp3) is 0.375. The quantitative estimate of drug-likeness (QED) is 0.282. The molecule has 0 spiro atoms. The molecule has 0 fully saturated rings. The normalized spacial score (nSPS) is 13.4. The van der Waals surface area contributed by atoms with Crippen molar-refractivity contribution in [1.29, 1.82) is 0 Å². The zero-order chi connectivity index (χ0) is 27.3. The van der Waals surface area contributed by atoms with Gasteiger partial charge in [-0.15, -0.1) is 0 Å². The molecule has 0 heterocycles. The summed E-state index contributed by atoms with van der Waals surface area (Å²) < 4.78 is 0. The van der Waals surface area contributed by atoms with Gasteiger partial charge in [0.05, 0.1) is 12.1 Å². The standard InChI is InChI=1S/C32H41N3O3/c1-4-19-35(20-5-2)32(38)28-18-12-17-27(22-28)31(37)34-29(21-25-13-8-6-9-14-25)30(36)23-33-24(3)26-15-10-7-11-16-26/h6-18,22,24,29-30,33,36H,4-5,19-21,23H2,1-3H3,(H,34,37)/t24-,29-,30+/m0/s1. The van der Waals surface area contributed by atoms with Crippen LogP contribution in [0.15, 0.2) is 84.9 Å². The number of carbonyl (C=O) groups is 2. The van der Waals surface area contributed by atoms with Gasteiger partial charge in [0.2, 0.25) is 0 Å². The highest BCUT2D eigenvalue weighted by Gasteiger charge is 2.24. The van der Waals surface area contributed by atoms with Gasteiger partial charge in [0.1, 0.15) is 0 Å². The molecule has 0 radical (unpaired) electrons. The van der Waals surface area contributed by atoms with Crippen molar-refractivity contribution in [3.8, 4) is 0 Å². The van der Waals surface area contributed by atoms with E-state index in [1.807, 2.05) is 79.4 Å². The fourth-order valence-electron chi connectivity index (χ4n) is 4.53. The topological polar surface area (TPSA) is 81.7 Å². The maximum atomic E-state index is 13.3. The van der Waals surface area contributed by atoms with Gasteiger partial charge in [-0.3, -0.25) is 9.59 Å². The Kier molecular flexibility index (Phi) is 11.5. The summed E-state index contributed by atoms with van der Waals surface area (Å²) in [5, 5.41) is 17.6. The van der Waals surface area contributed by atoms with Crippen molar-refractivity contribution in [1.82, 2.24) is 15.5 Å². The predicted molar refractivity (Wildman–Crippen MR) is 153 cm³/mol. The molecule has 0 unspecified atom stereocenters. The molecule has 3 N–H and O–H groups in total. The molecule has 0 aromatic heterocycles. The lowest BCUT2D eigenvalue weighted by molar-refractivity contribution is 0.0755. The van der Waals surface area contributed by atoms with Gasteiger partial charge < -0.3 is 20.6 Å². The van der Waals surface area contributed by atoms with Crippen LogP contribution in [0.2, 0.25) is 0 Å². The highest BCUT2D eigenvalue weighted by atomic mass is 16.3. The van der Waals surface area contributed by atoms with Crippen molar-refractivity contribution in [3.63, 3.8) is 0 Å². The Morgan fingerprint density at radius 3 is 2.08 bits per heavy atom. The van der Waals surface area contributed by atoms with Gasteiger partial charge >= 0.3 is 0 Å². The van der Waals surface area contributed by atoms with Crippen LogP contribution in [0.4, 0.5) is 0 Å². The fourth-order valence-corrected chi connectivity index (χ4v) is 4.53. The minimum Gasteiger partial charge on any atom is -0.390 e. The Labute approximate surface area is 227 Å². The summed E-state index contributed by atoms with van der Waals surface area (Å²) in [6, 6.07) is 26.2. The lowest BCUT2D eigenvalue weighted by atomic mass is 9.99. The van der Waals surface area contributed by atoms with Crippen LogP contribution in [-0.4, -0.2) is 53.6 Å². The summed E-state index contributed by atoms with van der Waals surface area (Å²) in [7, 11) is 0. The van der Waals surface area contributed by atoms with Crippen LogP contribution in [0.5, 0.6) is 0 Å². The first-order chi connectivity index (χ1) is 18.4. The van der Waals surface area contributed by atoms with Gasteiger partial charge in [0, 0.05) is 36.8 Å². The third kappa shape index (κ3) is 8.54. The zero-order valence-electron chi connectivity index (χ0n) is 22.8. The Morgan fingerprint density at radius 1 is 0.842 bits per heavy atom. The van der Waals surface area contributed by atoms with Crippen LogP contribution in [0.1, 0.15) is 71.5 Å². The number of hydrogen-bond donors (Lipinski definition) is 3. The first-order valence-corrected chi connectivity index (χ1v) is 13.6. The molecule has 3 aromatic rings. The maximum absolute atomic E-state index is 13.3. The summed E-state index contributed by atoms with van der Waals surface area (Å²) >= 11 is 0. The first-order valence-electron chi connectivity index (χ1n) is 13.6. The van der Waals surface area contributed by atoms with Gasteiger partial charge in [-0.1, -0.05) is 80.6 Å². The van der Waals surface area contributed by atoms with E-state index in [1.165, 1.54) is 0 Å².